The summed E-state index contributed by atoms with van der Waals surface area (Å²) in [7, 11) is 1.52. The first-order chi connectivity index (χ1) is 21.2. The molecule has 4 aliphatic carbocycles. The van der Waals surface area contributed by atoms with E-state index in [0.717, 1.165) is 31.8 Å². The Morgan fingerprint density at radius 2 is 1.64 bits per heavy atom. The fraction of sp³-hybridized carbons (Fsp3) is 0.343. The van der Waals surface area contributed by atoms with Crippen molar-refractivity contribution >= 4 is 63.8 Å². The molecule has 1 aliphatic heterocycles. The number of urea groups is 1. The Hall–Kier alpha value is -3.37. The first-order valence-electron chi connectivity index (χ1n) is 15.0. The van der Waals surface area contributed by atoms with Crippen LogP contribution in [-0.4, -0.2) is 25.0 Å². The molecule has 5 fully saturated rings. The first kappa shape index (κ1) is 29.3. The van der Waals surface area contributed by atoms with E-state index in [2.05, 4.69) is 40.0 Å². The average molecular weight is 723 g/mol. The molecule has 8 rings (SSSR count). The lowest BCUT2D eigenvalue weighted by atomic mass is 9.48. The molecule has 0 spiro atoms. The average Bonchev–Trinajstić information content (AvgIpc) is 2.99. The van der Waals surface area contributed by atoms with Crippen LogP contribution in [-0.2, 0) is 21.6 Å². The van der Waals surface area contributed by atoms with Gasteiger partial charge in [0.25, 0.3) is 11.8 Å². The number of methoxy groups -OCH3 is 1. The molecule has 226 valence electrons. The highest BCUT2D eigenvalue weighted by atomic mass is 127. The molecule has 0 aromatic heterocycles. The Labute approximate surface area is 275 Å². The molecule has 0 atom stereocenters. The number of nitrogens with one attached hydrogen (secondary N) is 1. The number of benzene rings is 3. The summed E-state index contributed by atoms with van der Waals surface area (Å²) in [6, 6.07) is 18.0. The normalized spacial score (nSPS) is 26.7. The summed E-state index contributed by atoms with van der Waals surface area (Å²) in [4.78, 5) is 40.5. The third-order valence-corrected chi connectivity index (χ3v) is 10.9. The maximum absolute atomic E-state index is 13.7. The van der Waals surface area contributed by atoms with Crippen molar-refractivity contribution in [3.8, 4) is 11.5 Å². The molecule has 1 N–H and O–H groups in total. The SMILES string of the molecule is COc1cc(/C=C2\C(=O)NC(=O)N(c3ccc(C45CC6CC(CC(C6)C4)C5)cc3)C2=O)cc(I)c1OCc1ccccc1Cl. The maximum atomic E-state index is 13.7. The van der Waals surface area contributed by atoms with Gasteiger partial charge in [0.2, 0.25) is 0 Å². The van der Waals surface area contributed by atoms with Gasteiger partial charge < -0.3 is 9.47 Å². The van der Waals surface area contributed by atoms with Gasteiger partial charge in [-0.1, -0.05) is 41.9 Å². The van der Waals surface area contributed by atoms with E-state index in [1.54, 1.807) is 18.2 Å². The van der Waals surface area contributed by atoms with E-state index in [9.17, 15) is 14.4 Å². The van der Waals surface area contributed by atoms with E-state index in [1.807, 2.05) is 30.3 Å². The number of hydrogen-bond acceptors (Lipinski definition) is 5. The summed E-state index contributed by atoms with van der Waals surface area (Å²) in [6.07, 6.45) is 9.27. The number of carbonyl (C=O) groups excluding carboxylic acids is 3. The number of hydrogen-bond donors (Lipinski definition) is 1. The van der Waals surface area contributed by atoms with Crippen LogP contribution in [0.1, 0.15) is 55.2 Å². The van der Waals surface area contributed by atoms with Gasteiger partial charge in [0.05, 0.1) is 16.4 Å². The number of amides is 4. The molecule has 44 heavy (non-hydrogen) atoms. The highest BCUT2D eigenvalue weighted by Gasteiger charge is 2.51. The summed E-state index contributed by atoms with van der Waals surface area (Å²) >= 11 is 8.41. The lowest BCUT2D eigenvalue weighted by Crippen LogP contribution is -2.54. The number of halogens is 2. The number of imide groups is 2. The van der Waals surface area contributed by atoms with Crippen LogP contribution in [0.15, 0.2) is 66.2 Å². The zero-order chi connectivity index (χ0) is 30.6. The summed E-state index contributed by atoms with van der Waals surface area (Å²) < 4.78 is 12.4. The lowest BCUT2D eigenvalue weighted by Gasteiger charge is -2.57. The maximum Gasteiger partial charge on any atom is 0.335 e. The van der Waals surface area contributed by atoms with Crippen molar-refractivity contribution in [2.24, 2.45) is 17.8 Å². The van der Waals surface area contributed by atoms with Gasteiger partial charge >= 0.3 is 6.03 Å². The van der Waals surface area contributed by atoms with Gasteiger partial charge in [0, 0.05) is 10.6 Å². The van der Waals surface area contributed by atoms with E-state index in [0.29, 0.717) is 27.8 Å². The van der Waals surface area contributed by atoms with E-state index < -0.39 is 17.8 Å². The quantitative estimate of drug-likeness (QED) is 0.154. The zero-order valence-electron chi connectivity index (χ0n) is 24.3. The molecule has 3 aromatic rings. The number of barbiturate groups is 1. The molecule has 0 radical (unpaired) electrons. The van der Waals surface area contributed by atoms with Crippen molar-refractivity contribution in [1.82, 2.24) is 5.32 Å². The van der Waals surface area contributed by atoms with Crippen molar-refractivity contribution < 1.29 is 23.9 Å². The van der Waals surface area contributed by atoms with E-state index >= 15 is 0 Å². The predicted octanol–water partition coefficient (Wildman–Crippen LogP) is 7.67. The second kappa shape index (κ2) is 11.5. The number of anilines is 1. The van der Waals surface area contributed by atoms with Gasteiger partial charge in [-0.15, -0.1) is 0 Å². The summed E-state index contributed by atoms with van der Waals surface area (Å²) in [5.74, 6) is 2.00. The van der Waals surface area contributed by atoms with Gasteiger partial charge in [-0.3, -0.25) is 14.9 Å². The predicted molar refractivity (Wildman–Crippen MR) is 177 cm³/mol. The topological polar surface area (TPSA) is 84.9 Å². The van der Waals surface area contributed by atoms with Crippen molar-refractivity contribution in [3.05, 3.63) is 91.5 Å². The largest absolute Gasteiger partial charge is 0.493 e. The zero-order valence-corrected chi connectivity index (χ0v) is 27.2. The summed E-state index contributed by atoms with van der Waals surface area (Å²) in [5, 5.41) is 2.94. The monoisotopic (exact) mass is 722 g/mol. The molecule has 4 saturated carbocycles. The smallest absolute Gasteiger partial charge is 0.335 e. The van der Waals surface area contributed by atoms with Crippen LogP contribution in [0.3, 0.4) is 0 Å². The minimum Gasteiger partial charge on any atom is -0.493 e. The molecule has 3 aromatic carbocycles. The fourth-order valence-corrected chi connectivity index (χ4v) is 9.19. The Bertz CT molecular complexity index is 1670. The number of rotatable bonds is 7. The van der Waals surface area contributed by atoms with Crippen LogP contribution in [0, 0.1) is 21.3 Å². The molecule has 1 heterocycles. The Kier molecular flexibility index (Phi) is 7.69. The van der Waals surface area contributed by atoms with Crippen LogP contribution in [0.4, 0.5) is 10.5 Å². The number of carbonyl (C=O) groups is 3. The Morgan fingerprint density at radius 3 is 2.27 bits per heavy atom. The summed E-state index contributed by atoms with van der Waals surface area (Å²) in [6.45, 7) is 0.242. The standard InChI is InChI=1S/C35H32ClIN2O5/c1-43-30-15-20(14-29(37)31(30)44-19-24-4-2-3-5-28(24)36)13-27-32(40)38-34(42)39(33(27)41)26-8-6-25(7-9-26)35-16-21-10-22(17-35)12-23(11-21)18-35/h2-9,13-15,21-23H,10-12,16-19H2,1H3,(H,38,40,42)/b27-13+. The Morgan fingerprint density at radius 1 is 0.977 bits per heavy atom. The van der Waals surface area contributed by atoms with Crippen LogP contribution in [0.2, 0.25) is 5.02 Å². The van der Waals surface area contributed by atoms with E-state index in [1.165, 1.54) is 57.3 Å². The molecule has 0 unspecified atom stereocenters. The highest BCUT2D eigenvalue weighted by Crippen LogP contribution is 2.60. The molecular weight excluding hydrogens is 691 g/mol. The van der Waals surface area contributed by atoms with Crippen molar-refractivity contribution in [3.63, 3.8) is 0 Å². The molecule has 5 aliphatic rings. The third kappa shape index (κ3) is 5.30. The van der Waals surface area contributed by atoms with E-state index in [4.69, 9.17) is 21.1 Å². The molecule has 9 heteroatoms. The molecule has 4 bridgehead atoms. The summed E-state index contributed by atoms with van der Waals surface area (Å²) in [5.41, 5.74) is 3.20. The van der Waals surface area contributed by atoms with Crippen molar-refractivity contribution in [2.45, 2.75) is 50.5 Å². The second-order valence-corrected chi connectivity index (χ2v) is 14.2. The second-order valence-electron chi connectivity index (χ2n) is 12.6. The van der Waals surface area contributed by atoms with Gasteiger partial charge in [0.1, 0.15) is 12.2 Å². The van der Waals surface area contributed by atoms with Gasteiger partial charge in [-0.2, -0.15) is 0 Å². The minimum atomic E-state index is -0.754. The Balaban J connectivity index is 1.13. The van der Waals surface area contributed by atoms with Gasteiger partial charge in [-0.05, 0) is 132 Å². The minimum absolute atomic E-state index is 0.141. The van der Waals surface area contributed by atoms with Crippen molar-refractivity contribution in [1.29, 1.82) is 0 Å². The molecule has 4 amide bonds. The van der Waals surface area contributed by atoms with Gasteiger partial charge in [-0.25, -0.2) is 9.69 Å². The number of nitrogens with zero attached hydrogens (tertiary/aromatic N) is 1. The van der Waals surface area contributed by atoms with Crippen molar-refractivity contribution in [2.75, 3.05) is 12.0 Å². The van der Waals surface area contributed by atoms with Crippen LogP contribution < -0.4 is 19.7 Å². The highest BCUT2D eigenvalue weighted by molar-refractivity contribution is 14.1. The lowest BCUT2D eigenvalue weighted by molar-refractivity contribution is -0.122. The third-order valence-electron chi connectivity index (χ3n) is 9.77. The van der Waals surface area contributed by atoms with Crippen LogP contribution in [0.25, 0.3) is 6.08 Å². The van der Waals surface area contributed by atoms with E-state index in [-0.39, 0.29) is 17.6 Å². The van der Waals surface area contributed by atoms with Gasteiger partial charge in [0.15, 0.2) is 11.5 Å². The van der Waals surface area contributed by atoms with Crippen LogP contribution in [0.5, 0.6) is 11.5 Å². The molecule has 1 saturated heterocycles. The van der Waals surface area contributed by atoms with Crippen LogP contribution >= 0.6 is 34.2 Å². The number of ether oxygens (including phenoxy) is 2. The molecular formula is C35H32ClIN2O5. The first-order valence-corrected chi connectivity index (χ1v) is 16.4. The molecule has 7 nitrogen and oxygen atoms in total. The fourth-order valence-electron chi connectivity index (χ4n) is 8.22.